The number of thioether (sulfide) groups is 1. The summed E-state index contributed by atoms with van der Waals surface area (Å²) in [6.45, 7) is 5.24. The van der Waals surface area contributed by atoms with Crippen molar-refractivity contribution < 1.29 is 9.59 Å². The monoisotopic (exact) mass is 419 g/mol. The molecule has 0 unspecified atom stereocenters. The van der Waals surface area contributed by atoms with Gasteiger partial charge in [-0.1, -0.05) is 36.0 Å². The van der Waals surface area contributed by atoms with Crippen LogP contribution in [0.2, 0.25) is 0 Å². The molecule has 2 heterocycles. The fourth-order valence-electron chi connectivity index (χ4n) is 3.50. The molecular formula is C22H21N5O2S. The molecule has 0 saturated carbocycles. The Morgan fingerprint density at radius 1 is 1.10 bits per heavy atom. The zero-order valence-corrected chi connectivity index (χ0v) is 17.7. The Morgan fingerprint density at radius 3 is 2.70 bits per heavy atom. The molecule has 7 nitrogen and oxygen atoms in total. The summed E-state index contributed by atoms with van der Waals surface area (Å²) in [6, 6.07) is 15.2. The molecule has 4 rings (SSSR count). The van der Waals surface area contributed by atoms with Gasteiger partial charge in [-0.15, -0.1) is 10.2 Å². The molecule has 0 aliphatic carbocycles. The molecule has 0 aliphatic heterocycles. The predicted octanol–water partition coefficient (Wildman–Crippen LogP) is 4.30. The third-order valence-corrected chi connectivity index (χ3v) is 5.65. The van der Waals surface area contributed by atoms with E-state index in [0.717, 1.165) is 22.3 Å². The van der Waals surface area contributed by atoms with Gasteiger partial charge in [-0.2, -0.15) is 0 Å². The van der Waals surface area contributed by atoms with Crippen LogP contribution < -0.4 is 5.32 Å². The van der Waals surface area contributed by atoms with Crippen molar-refractivity contribution in [3.05, 3.63) is 65.6 Å². The number of ketones is 1. The number of carbonyl (C=O) groups is 2. The zero-order chi connectivity index (χ0) is 21.3. The van der Waals surface area contributed by atoms with Gasteiger partial charge in [0.1, 0.15) is 5.82 Å². The van der Waals surface area contributed by atoms with E-state index in [-0.39, 0.29) is 17.4 Å². The van der Waals surface area contributed by atoms with Gasteiger partial charge < -0.3 is 10.3 Å². The minimum atomic E-state index is -0.137. The molecule has 2 aromatic carbocycles. The number of rotatable bonds is 6. The van der Waals surface area contributed by atoms with Crippen molar-refractivity contribution in [1.82, 2.24) is 19.7 Å². The first-order valence-electron chi connectivity index (χ1n) is 9.47. The molecule has 152 valence electrons. The van der Waals surface area contributed by atoms with Crippen LogP contribution >= 0.6 is 11.8 Å². The Hall–Kier alpha value is -3.39. The minimum absolute atomic E-state index is 0.0363. The molecule has 8 heteroatoms. The normalized spacial score (nSPS) is 11.0. The molecule has 0 aliphatic rings. The Balaban J connectivity index is 1.59. The maximum Gasteiger partial charge on any atom is 0.221 e. The lowest BCUT2D eigenvalue weighted by Crippen LogP contribution is -2.08. The van der Waals surface area contributed by atoms with E-state index in [1.165, 1.54) is 18.7 Å². The van der Waals surface area contributed by atoms with E-state index in [2.05, 4.69) is 20.5 Å². The van der Waals surface area contributed by atoms with Crippen molar-refractivity contribution in [2.75, 3.05) is 11.1 Å². The fourth-order valence-corrected chi connectivity index (χ4v) is 4.37. The third-order valence-electron chi connectivity index (χ3n) is 4.72. The lowest BCUT2D eigenvalue weighted by Gasteiger charge is -2.10. The molecular weight excluding hydrogens is 398 g/mol. The Bertz CT molecular complexity index is 1260. The van der Waals surface area contributed by atoms with Crippen molar-refractivity contribution in [1.29, 1.82) is 0 Å². The number of para-hydroxylation sites is 1. The summed E-state index contributed by atoms with van der Waals surface area (Å²) >= 11 is 1.34. The summed E-state index contributed by atoms with van der Waals surface area (Å²) in [5, 5.41) is 12.8. The Kier molecular flexibility index (Phi) is 5.41. The van der Waals surface area contributed by atoms with Crippen molar-refractivity contribution >= 4 is 40.0 Å². The van der Waals surface area contributed by atoms with Crippen molar-refractivity contribution in [3.63, 3.8) is 0 Å². The van der Waals surface area contributed by atoms with Gasteiger partial charge in [0.2, 0.25) is 5.91 Å². The van der Waals surface area contributed by atoms with E-state index >= 15 is 0 Å². The van der Waals surface area contributed by atoms with Crippen LogP contribution in [-0.2, 0) is 4.79 Å². The van der Waals surface area contributed by atoms with Crippen LogP contribution in [0.5, 0.6) is 0 Å². The van der Waals surface area contributed by atoms with Gasteiger partial charge in [-0.05, 0) is 38.1 Å². The number of fused-ring (bicyclic) bond motifs is 1. The number of aromatic amines is 1. The number of Topliss-reactive ketones (excluding diaryl/α,β-unsaturated/α-hetero) is 1. The summed E-state index contributed by atoms with van der Waals surface area (Å²) < 4.78 is 1.88. The molecule has 0 bridgehead atoms. The number of carbonyl (C=O) groups excluding carboxylic acids is 2. The number of aryl methyl sites for hydroxylation is 2. The molecule has 0 saturated heterocycles. The molecule has 4 aromatic rings. The lowest BCUT2D eigenvalue weighted by molar-refractivity contribution is -0.114. The molecule has 2 aromatic heterocycles. The van der Waals surface area contributed by atoms with Crippen LogP contribution in [0.15, 0.2) is 53.7 Å². The quantitative estimate of drug-likeness (QED) is 0.359. The maximum absolute atomic E-state index is 13.0. The van der Waals surface area contributed by atoms with Gasteiger partial charge in [-0.3, -0.25) is 14.2 Å². The zero-order valence-electron chi connectivity index (χ0n) is 16.9. The van der Waals surface area contributed by atoms with Crippen LogP contribution in [0.1, 0.15) is 28.8 Å². The number of H-pyrrole nitrogens is 1. The highest BCUT2D eigenvalue weighted by Crippen LogP contribution is 2.27. The average Bonchev–Trinajstić information content (AvgIpc) is 3.24. The maximum atomic E-state index is 13.0. The highest BCUT2D eigenvalue weighted by molar-refractivity contribution is 7.99. The van der Waals surface area contributed by atoms with Crippen LogP contribution in [0.4, 0.5) is 5.69 Å². The second-order valence-corrected chi connectivity index (χ2v) is 7.92. The fraction of sp³-hybridized carbons (Fsp3) is 0.182. The predicted molar refractivity (Wildman–Crippen MR) is 118 cm³/mol. The Labute approximate surface area is 177 Å². The number of hydrogen-bond donors (Lipinski definition) is 2. The first kappa shape index (κ1) is 19.9. The third kappa shape index (κ3) is 3.86. The van der Waals surface area contributed by atoms with Gasteiger partial charge in [0.05, 0.1) is 11.4 Å². The molecule has 0 fully saturated rings. The van der Waals surface area contributed by atoms with E-state index in [9.17, 15) is 9.59 Å². The van der Waals surface area contributed by atoms with Gasteiger partial charge >= 0.3 is 0 Å². The largest absolute Gasteiger partial charge is 0.358 e. The van der Waals surface area contributed by atoms with Gasteiger partial charge in [0.15, 0.2) is 10.9 Å². The van der Waals surface area contributed by atoms with E-state index < -0.39 is 0 Å². The minimum Gasteiger partial charge on any atom is -0.358 e. The lowest BCUT2D eigenvalue weighted by atomic mass is 10.1. The van der Waals surface area contributed by atoms with E-state index in [0.29, 0.717) is 22.2 Å². The van der Waals surface area contributed by atoms with E-state index in [4.69, 9.17) is 0 Å². The summed E-state index contributed by atoms with van der Waals surface area (Å²) in [5.41, 5.74) is 4.05. The topological polar surface area (TPSA) is 92.7 Å². The number of anilines is 1. The van der Waals surface area contributed by atoms with E-state index in [1.807, 2.05) is 66.9 Å². The second-order valence-electron chi connectivity index (χ2n) is 6.98. The van der Waals surface area contributed by atoms with Crippen LogP contribution in [0.3, 0.4) is 0 Å². The van der Waals surface area contributed by atoms with E-state index in [1.54, 1.807) is 0 Å². The number of hydrogen-bond acceptors (Lipinski definition) is 5. The average molecular weight is 420 g/mol. The molecule has 30 heavy (non-hydrogen) atoms. The van der Waals surface area contributed by atoms with Crippen molar-refractivity contribution in [2.24, 2.45) is 0 Å². The van der Waals surface area contributed by atoms with Crippen molar-refractivity contribution in [2.45, 2.75) is 25.9 Å². The number of nitrogens with one attached hydrogen (secondary N) is 2. The SMILES string of the molecule is CC(=O)Nc1cccc(-n2c(C)nnc2SCC(=O)c2c(C)[nH]c3ccccc23)c1. The smallest absolute Gasteiger partial charge is 0.221 e. The number of amides is 1. The number of aromatic nitrogens is 4. The summed E-state index contributed by atoms with van der Waals surface area (Å²) in [7, 11) is 0. The molecule has 0 spiro atoms. The summed E-state index contributed by atoms with van der Waals surface area (Å²) in [5.74, 6) is 0.843. The highest BCUT2D eigenvalue weighted by Gasteiger charge is 2.18. The number of nitrogens with zero attached hydrogens (tertiary/aromatic N) is 3. The summed E-state index contributed by atoms with van der Waals surface area (Å²) in [6.07, 6.45) is 0. The van der Waals surface area contributed by atoms with Crippen LogP contribution in [-0.4, -0.2) is 37.2 Å². The molecule has 0 atom stereocenters. The standard InChI is InChI=1S/C22H21N5O2S/c1-13-21(18-9-4-5-10-19(18)23-13)20(29)12-30-22-26-25-14(2)27(22)17-8-6-7-16(11-17)24-15(3)28/h4-11,23H,12H2,1-3H3,(H,24,28). The second kappa shape index (κ2) is 8.16. The number of benzene rings is 2. The molecule has 1 amide bonds. The summed E-state index contributed by atoms with van der Waals surface area (Å²) in [4.78, 5) is 27.6. The molecule has 0 radical (unpaired) electrons. The first-order chi connectivity index (χ1) is 14.4. The van der Waals surface area contributed by atoms with Gasteiger partial charge in [-0.25, -0.2) is 0 Å². The van der Waals surface area contributed by atoms with Gasteiger partial charge in [0, 0.05) is 34.8 Å². The highest BCUT2D eigenvalue weighted by atomic mass is 32.2. The van der Waals surface area contributed by atoms with Crippen LogP contribution in [0.25, 0.3) is 16.6 Å². The van der Waals surface area contributed by atoms with Crippen LogP contribution in [0, 0.1) is 13.8 Å². The van der Waals surface area contributed by atoms with Crippen molar-refractivity contribution in [3.8, 4) is 5.69 Å². The Morgan fingerprint density at radius 2 is 1.90 bits per heavy atom. The first-order valence-corrected chi connectivity index (χ1v) is 10.5. The van der Waals surface area contributed by atoms with Gasteiger partial charge in [0.25, 0.3) is 0 Å². The molecule has 2 N–H and O–H groups in total.